The Labute approximate surface area is 170 Å². The van der Waals surface area contributed by atoms with Gasteiger partial charge in [-0.1, -0.05) is 42.1 Å². The predicted molar refractivity (Wildman–Crippen MR) is 112 cm³/mol. The lowest BCUT2D eigenvalue weighted by molar-refractivity contribution is 0.101. The average Bonchev–Trinajstić information content (AvgIpc) is 3.09. The van der Waals surface area contributed by atoms with Crippen LogP contribution in [-0.4, -0.2) is 27.2 Å². The van der Waals surface area contributed by atoms with Crippen LogP contribution in [0.5, 0.6) is 5.75 Å². The molecule has 0 atom stereocenters. The van der Waals surface area contributed by atoms with E-state index in [1.54, 1.807) is 18.7 Å². The Balaban J connectivity index is 1.79. The molecule has 1 aromatic heterocycles. The van der Waals surface area contributed by atoms with Gasteiger partial charge in [0, 0.05) is 29.8 Å². The molecule has 5 nitrogen and oxygen atoms in total. The molecule has 28 heavy (non-hydrogen) atoms. The summed E-state index contributed by atoms with van der Waals surface area (Å²) in [5.74, 6) is 2.49. The molecule has 0 saturated heterocycles. The molecule has 1 heterocycles. The van der Waals surface area contributed by atoms with Crippen LogP contribution in [0.1, 0.15) is 48.1 Å². The van der Waals surface area contributed by atoms with Crippen LogP contribution in [-0.2, 0) is 18.7 Å². The number of thioether (sulfide) groups is 1. The van der Waals surface area contributed by atoms with Crippen LogP contribution in [0.2, 0.25) is 0 Å². The van der Waals surface area contributed by atoms with Crippen LogP contribution in [0.4, 0.5) is 0 Å². The second-order valence-corrected chi connectivity index (χ2v) is 7.35. The minimum absolute atomic E-state index is 0.0520. The zero-order valence-corrected chi connectivity index (χ0v) is 17.3. The smallest absolute Gasteiger partial charge is 0.191 e. The topological polar surface area (TPSA) is 57.0 Å². The molecule has 3 aromatic rings. The summed E-state index contributed by atoms with van der Waals surface area (Å²) >= 11 is 1.61. The van der Waals surface area contributed by atoms with Gasteiger partial charge in [0.2, 0.25) is 0 Å². The zero-order chi connectivity index (χ0) is 19.9. The molecule has 0 bridgehead atoms. The number of hydrogen-bond donors (Lipinski definition) is 0. The van der Waals surface area contributed by atoms with Crippen molar-refractivity contribution < 1.29 is 9.53 Å². The second kappa shape index (κ2) is 9.55. The first-order valence-corrected chi connectivity index (χ1v) is 10.5. The van der Waals surface area contributed by atoms with Crippen molar-refractivity contribution in [1.82, 2.24) is 14.8 Å². The van der Waals surface area contributed by atoms with Gasteiger partial charge >= 0.3 is 0 Å². The Hall–Kier alpha value is -2.60. The maximum Gasteiger partial charge on any atom is 0.191 e. The molecule has 0 unspecified atom stereocenters. The van der Waals surface area contributed by atoms with Crippen molar-refractivity contribution in [3.05, 3.63) is 71.0 Å². The highest BCUT2D eigenvalue weighted by molar-refractivity contribution is 7.98. The van der Waals surface area contributed by atoms with Gasteiger partial charge < -0.3 is 9.30 Å². The minimum atomic E-state index is 0.0520. The number of hydrogen-bond acceptors (Lipinski definition) is 5. The quantitative estimate of drug-likeness (QED) is 0.385. The molecule has 0 aliphatic rings. The number of Topliss-reactive ketones (excluding diaryl/α,β-unsaturated/α-hetero) is 1. The lowest BCUT2D eigenvalue weighted by Gasteiger charge is -2.12. The Morgan fingerprint density at radius 2 is 1.89 bits per heavy atom. The van der Waals surface area contributed by atoms with Gasteiger partial charge in [0.05, 0.1) is 6.61 Å². The van der Waals surface area contributed by atoms with Crippen molar-refractivity contribution in [2.24, 2.45) is 0 Å². The summed E-state index contributed by atoms with van der Waals surface area (Å²) in [6.45, 7) is 7.03. The van der Waals surface area contributed by atoms with E-state index in [4.69, 9.17) is 4.74 Å². The van der Waals surface area contributed by atoms with Crippen LogP contribution < -0.4 is 4.74 Å². The predicted octanol–water partition coefficient (Wildman–Crippen LogP) is 4.78. The van der Waals surface area contributed by atoms with Gasteiger partial charge in [-0.05, 0) is 44.5 Å². The van der Waals surface area contributed by atoms with Gasteiger partial charge in [-0.2, -0.15) is 0 Å². The Kier molecular flexibility index (Phi) is 6.87. The Morgan fingerprint density at radius 3 is 2.57 bits per heavy atom. The van der Waals surface area contributed by atoms with Gasteiger partial charge in [0.25, 0.3) is 0 Å². The summed E-state index contributed by atoms with van der Waals surface area (Å²) in [7, 11) is 0. The highest BCUT2D eigenvalue weighted by Gasteiger charge is 2.14. The third-order valence-corrected chi connectivity index (χ3v) is 5.45. The lowest BCUT2D eigenvalue weighted by atomic mass is 10.1. The summed E-state index contributed by atoms with van der Waals surface area (Å²) in [4.78, 5) is 11.7. The molecule has 146 valence electrons. The number of nitrogens with zero attached hydrogens (tertiary/aromatic N) is 3. The third-order valence-electron chi connectivity index (χ3n) is 4.44. The van der Waals surface area contributed by atoms with E-state index in [1.165, 1.54) is 5.56 Å². The molecule has 3 rings (SSSR count). The maximum absolute atomic E-state index is 11.7. The normalized spacial score (nSPS) is 10.8. The summed E-state index contributed by atoms with van der Waals surface area (Å²) in [6.07, 6.45) is 0.756. The number of carbonyl (C=O) groups excluding carboxylic acids is 1. The van der Waals surface area contributed by atoms with Gasteiger partial charge in [-0.3, -0.25) is 4.79 Å². The molecule has 0 radical (unpaired) electrons. The number of aromatic nitrogens is 3. The van der Waals surface area contributed by atoms with Crippen LogP contribution in [0.3, 0.4) is 0 Å². The van der Waals surface area contributed by atoms with Crippen LogP contribution in [0, 0.1) is 0 Å². The molecule has 0 aliphatic carbocycles. The van der Waals surface area contributed by atoms with Crippen molar-refractivity contribution in [2.75, 3.05) is 6.61 Å². The van der Waals surface area contributed by atoms with Crippen molar-refractivity contribution in [1.29, 1.82) is 0 Å². The number of carbonyl (C=O) groups is 1. The van der Waals surface area contributed by atoms with E-state index in [0.29, 0.717) is 17.9 Å². The Bertz CT molecular complexity index is 938. The summed E-state index contributed by atoms with van der Waals surface area (Å²) in [6, 6.07) is 15.9. The van der Waals surface area contributed by atoms with E-state index >= 15 is 0 Å². The van der Waals surface area contributed by atoms with Crippen LogP contribution >= 0.6 is 11.8 Å². The highest BCUT2D eigenvalue weighted by Crippen LogP contribution is 2.29. The first-order valence-electron chi connectivity index (χ1n) is 9.47. The largest absolute Gasteiger partial charge is 0.494 e. The van der Waals surface area contributed by atoms with E-state index in [-0.39, 0.29) is 5.78 Å². The van der Waals surface area contributed by atoms with Crippen molar-refractivity contribution >= 4 is 17.5 Å². The molecular weight excluding hydrogens is 370 g/mol. The average molecular weight is 396 g/mol. The van der Waals surface area contributed by atoms with Gasteiger partial charge in [0.1, 0.15) is 11.6 Å². The monoisotopic (exact) mass is 395 g/mol. The first-order chi connectivity index (χ1) is 13.6. The number of ketones is 1. The fourth-order valence-electron chi connectivity index (χ4n) is 3.00. The SMILES string of the molecule is CCOc1ccc(C(C)=O)cc1CSc1nnc(Cc2ccccc2)n1CC. The number of ether oxygens (including phenoxy) is 1. The number of rotatable bonds is 9. The van der Waals surface area contributed by atoms with E-state index in [1.807, 2.05) is 43.3 Å². The van der Waals surface area contributed by atoms with E-state index in [0.717, 1.165) is 35.3 Å². The molecular formula is C22H25N3O2S. The van der Waals surface area contributed by atoms with Gasteiger partial charge in [0.15, 0.2) is 10.9 Å². The van der Waals surface area contributed by atoms with Crippen molar-refractivity contribution in [3.63, 3.8) is 0 Å². The fraction of sp³-hybridized carbons (Fsp3) is 0.318. The molecule has 0 spiro atoms. The zero-order valence-electron chi connectivity index (χ0n) is 16.5. The molecule has 6 heteroatoms. The minimum Gasteiger partial charge on any atom is -0.494 e. The fourth-order valence-corrected chi connectivity index (χ4v) is 4.00. The molecule has 0 amide bonds. The maximum atomic E-state index is 11.7. The summed E-state index contributed by atoms with van der Waals surface area (Å²) in [5.41, 5.74) is 2.91. The standard InChI is InChI=1S/C22H25N3O2S/c1-4-25-21(13-17-9-7-6-8-10-17)23-24-22(25)28-15-19-14-18(16(3)26)11-12-20(19)27-5-2/h6-12,14H,4-5,13,15H2,1-3H3. The van der Waals surface area contributed by atoms with E-state index < -0.39 is 0 Å². The lowest BCUT2D eigenvalue weighted by Crippen LogP contribution is -2.04. The van der Waals surface area contributed by atoms with E-state index in [9.17, 15) is 4.79 Å². The van der Waals surface area contributed by atoms with Crippen LogP contribution in [0.15, 0.2) is 53.7 Å². The molecule has 2 aromatic carbocycles. The second-order valence-electron chi connectivity index (χ2n) is 6.41. The van der Waals surface area contributed by atoms with Crippen molar-refractivity contribution in [3.8, 4) is 5.75 Å². The first kappa shape index (κ1) is 20.1. The van der Waals surface area contributed by atoms with E-state index in [2.05, 4.69) is 33.8 Å². The summed E-state index contributed by atoms with van der Waals surface area (Å²) < 4.78 is 7.88. The molecule has 0 saturated carbocycles. The third kappa shape index (κ3) is 4.81. The molecule has 0 N–H and O–H groups in total. The molecule has 0 aliphatic heterocycles. The van der Waals surface area contributed by atoms with Gasteiger partial charge in [-0.25, -0.2) is 0 Å². The summed E-state index contributed by atoms with van der Waals surface area (Å²) in [5, 5.41) is 9.68. The highest BCUT2D eigenvalue weighted by atomic mass is 32.2. The Morgan fingerprint density at radius 1 is 1.11 bits per heavy atom. The van der Waals surface area contributed by atoms with Crippen LogP contribution in [0.25, 0.3) is 0 Å². The van der Waals surface area contributed by atoms with Gasteiger partial charge in [-0.15, -0.1) is 10.2 Å². The number of benzene rings is 2. The molecule has 0 fully saturated rings. The van der Waals surface area contributed by atoms with Crippen molar-refractivity contribution in [2.45, 2.75) is 44.6 Å².